The fourth-order valence-corrected chi connectivity index (χ4v) is 5.31. The average molecular weight is 563 g/mol. The third-order valence-electron chi connectivity index (χ3n) is 7.52. The van der Waals surface area contributed by atoms with Crippen LogP contribution >= 0.6 is 0 Å². The quantitative estimate of drug-likeness (QED) is 0.285. The second-order valence-electron chi connectivity index (χ2n) is 11.0. The summed E-state index contributed by atoms with van der Waals surface area (Å²) in [4.78, 5) is 30.3. The van der Waals surface area contributed by atoms with Gasteiger partial charge >= 0.3 is 6.03 Å². The Balaban J connectivity index is 1.30. The smallest absolute Gasteiger partial charge is 0.318 e. The highest BCUT2D eigenvalue weighted by molar-refractivity contribution is 5.87. The number of piperazine rings is 1. The van der Waals surface area contributed by atoms with E-state index in [4.69, 9.17) is 0 Å². The number of carbonyl (C=O) groups excluding carboxylic acids is 2. The largest absolute Gasteiger partial charge is 0.368 e. The van der Waals surface area contributed by atoms with Crippen LogP contribution < -0.4 is 15.5 Å². The lowest BCUT2D eigenvalue weighted by Crippen LogP contribution is -2.56. The van der Waals surface area contributed by atoms with Crippen molar-refractivity contribution in [2.75, 3.05) is 37.6 Å². The van der Waals surface area contributed by atoms with E-state index in [1.807, 2.05) is 32.0 Å². The summed E-state index contributed by atoms with van der Waals surface area (Å²) in [5, 5.41) is 5.97. The van der Waals surface area contributed by atoms with Gasteiger partial charge in [0.25, 0.3) is 0 Å². The molecule has 41 heavy (non-hydrogen) atoms. The second kappa shape index (κ2) is 14.6. The first-order valence-corrected chi connectivity index (χ1v) is 14.4. The molecule has 0 radical (unpaired) electrons. The van der Waals surface area contributed by atoms with Gasteiger partial charge in [-0.2, -0.15) is 0 Å². The molecule has 4 rings (SSSR count). The summed E-state index contributed by atoms with van der Waals surface area (Å²) in [7, 11) is 0. The van der Waals surface area contributed by atoms with Gasteiger partial charge in [-0.15, -0.1) is 0 Å². The van der Waals surface area contributed by atoms with Crippen LogP contribution in [-0.2, 0) is 4.79 Å². The maximum Gasteiger partial charge on any atom is 0.318 e. The lowest BCUT2D eigenvalue weighted by molar-refractivity contribution is -0.123. The Morgan fingerprint density at radius 2 is 1.37 bits per heavy atom. The van der Waals surface area contributed by atoms with E-state index in [0.717, 1.165) is 29.9 Å². The molecule has 1 fully saturated rings. The molecule has 218 valence electrons. The second-order valence-corrected chi connectivity index (χ2v) is 11.0. The number of anilines is 1. The zero-order valence-corrected chi connectivity index (χ0v) is 23.9. The van der Waals surface area contributed by atoms with Crippen molar-refractivity contribution in [3.05, 3.63) is 102 Å². The van der Waals surface area contributed by atoms with Crippen molar-refractivity contribution in [3.63, 3.8) is 0 Å². The molecule has 8 heteroatoms. The number of hydrogen-bond acceptors (Lipinski definition) is 3. The first kappa shape index (κ1) is 30.0. The first-order chi connectivity index (χ1) is 19.8. The van der Waals surface area contributed by atoms with Gasteiger partial charge in [-0.05, 0) is 72.7 Å². The first-order valence-electron chi connectivity index (χ1n) is 14.4. The summed E-state index contributed by atoms with van der Waals surface area (Å²) in [6.07, 6.45) is 1.88. The standard InChI is InChI=1S/C33H40F2N4O2/c1-24(2)23-31(37-33(41)39-21-19-38(20-22-39)29-7-4-3-5-8-29)32(40)36-18-6-9-30(25-10-14-27(34)15-11-25)26-12-16-28(35)17-13-26/h3-5,7-8,10-17,24,30-31H,6,9,18-23H2,1-2H3,(H,36,40)(H,37,41)/t31-/m0/s1. The summed E-state index contributed by atoms with van der Waals surface area (Å²) in [6.45, 7) is 7.14. The van der Waals surface area contributed by atoms with Crippen LogP contribution in [0.15, 0.2) is 78.9 Å². The molecule has 3 aromatic carbocycles. The van der Waals surface area contributed by atoms with Gasteiger partial charge in [-0.1, -0.05) is 56.3 Å². The lowest BCUT2D eigenvalue weighted by Gasteiger charge is -2.36. The monoisotopic (exact) mass is 562 g/mol. The van der Waals surface area contributed by atoms with Gasteiger partial charge in [-0.25, -0.2) is 13.6 Å². The Morgan fingerprint density at radius 1 is 0.805 bits per heavy atom. The molecule has 1 atom stereocenters. The van der Waals surface area contributed by atoms with Gasteiger partial charge in [0.15, 0.2) is 0 Å². The van der Waals surface area contributed by atoms with Gasteiger partial charge in [0.05, 0.1) is 0 Å². The molecule has 3 amide bonds. The SMILES string of the molecule is CC(C)C[C@H](NC(=O)N1CCN(c2ccccc2)CC1)C(=O)NCCCC(c1ccc(F)cc1)c1ccc(F)cc1. The molecule has 3 aromatic rings. The van der Waals surface area contributed by atoms with Gasteiger partial charge in [0.2, 0.25) is 5.91 Å². The summed E-state index contributed by atoms with van der Waals surface area (Å²) < 4.78 is 27.1. The predicted molar refractivity (Wildman–Crippen MR) is 159 cm³/mol. The van der Waals surface area contributed by atoms with Crippen molar-refractivity contribution in [1.82, 2.24) is 15.5 Å². The molecule has 0 saturated carbocycles. The van der Waals surface area contributed by atoms with Crippen molar-refractivity contribution in [1.29, 1.82) is 0 Å². The van der Waals surface area contributed by atoms with Crippen LogP contribution in [0.4, 0.5) is 19.3 Å². The van der Waals surface area contributed by atoms with Crippen LogP contribution in [0, 0.1) is 17.6 Å². The molecule has 0 aliphatic carbocycles. The molecule has 1 aliphatic heterocycles. The maximum atomic E-state index is 13.5. The van der Waals surface area contributed by atoms with Crippen molar-refractivity contribution in [2.45, 2.75) is 45.1 Å². The summed E-state index contributed by atoms with van der Waals surface area (Å²) in [5.74, 6) is -0.656. The minimum absolute atomic E-state index is 0.0613. The predicted octanol–water partition coefficient (Wildman–Crippen LogP) is 5.94. The third kappa shape index (κ3) is 8.77. The Labute approximate surface area is 241 Å². The molecule has 1 saturated heterocycles. The van der Waals surface area contributed by atoms with Crippen molar-refractivity contribution >= 4 is 17.6 Å². The number of rotatable bonds is 11. The van der Waals surface area contributed by atoms with E-state index in [2.05, 4.69) is 27.7 Å². The normalized spacial score (nSPS) is 14.3. The molecule has 6 nitrogen and oxygen atoms in total. The van der Waals surface area contributed by atoms with Crippen molar-refractivity contribution in [3.8, 4) is 0 Å². The highest BCUT2D eigenvalue weighted by atomic mass is 19.1. The summed E-state index contributed by atoms with van der Waals surface area (Å²) >= 11 is 0. The van der Waals surface area contributed by atoms with E-state index in [9.17, 15) is 18.4 Å². The van der Waals surface area contributed by atoms with Gasteiger partial charge in [0, 0.05) is 44.3 Å². The Hall–Kier alpha value is -3.94. The van der Waals surface area contributed by atoms with Gasteiger partial charge < -0.3 is 20.4 Å². The number of amides is 3. The summed E-state index contributed by atoms with van der Waals surface area (Å²) in [5.41, 5.74) is 3.01. The zero-order valence-electron chi connectivity index (χ0n) is 23.9. The molecule has 0 aromatic heterocycles. The van der Waals surface area contributed by atoms with E-state index in [0.29, 0.717) is 38.9 Å². The summed E-state index contributed by atoms with van der Waals surface area (Å²) in [6, 6.07) is 22.0. The average Bonchev–Trinajstić information content (AvgIpc) is 2.98. The Bertz CT molecular complexity index is 1200. The van der Waals surface area contributed by atoms with E-state index in [1.54, 1.807) is 29.2 Å². The zero-order chi connectivity index (χ0) is 29.2. The molecule has 0 bridgehead atoms. The molecule has 2 N–H and O–H groups in total. The van der Waals surface area contributed by atoms with E-state index in [1.165, 1.54) is 24.3 Å². The van der Waals surface area contributed by atoms with Gasteiger partial charge in [-0.3, -0.25) is 4.79 Å². The van der Waals surface area contributed by atoms with E-state index < -0.39 is 6.04 Å². The number of para-hydroxylation sites is 1. The fourth-order valence-electron chi connectivity index (χ4n) is 5.31. The van der Waals surface area contributed by atoms with Crippen LogP contribution in [0.5, 0.6) is 0 Å². The van der Waals surface area contributed by atoms with E-state index >= 15 is 0 Å². The third-order valence-corrected chi connectivity index (χ3v) is 7.52. The number of carbonyl (C=O) groups is 2. The highest BCUT2D eigenvalue weighted by Gasteiger charge is 2.27. The van der Waals surface area contributed by atoms with Crippen molar-refractivity contribution in [2.24, 2.45) is 5.92 Å². The highest BCUT2D eigenvalue weighted by Crippen LogP contribution is 2.29. The maximum absolute atomic E-state index is 13.5. The van der Waals surface area contributed by atoms with Crippen LogP contribution in [0.3, 0.4) is 0 Å². The molecule has 0 unspecified atom stereocenters. The minimum atomic E-state index is -0.625. The van der Waals surface area contributed by atoms with Crippen LogP contribution in [0.1, 0.15) is 50.2 Å². The Morgan fingerprint density at radius 3 is 1.90 bits per heavy atom. The molecular formula is C33H40F2N4O2. The molecular weight excluding hydrogens is 522 g/mol. The molecule has 0 spiro atoms. The Kier molecular flexibility index (Phi) is 10.7. The number of halogens is 2. The number of nitrogens with zero attached hydrogens (tertiary/aromatic N) is 2. The topological polar surface area (TPSA) is 64.7 Å². The van der Waals surface area contributed by atoms with Crippen LogP contribution in [0.25, 0.3) is 0 Å². The molecule has 1 heterocycles. The van der Waals surface area contributed by atoms with Crippen LogP contribution in [-0.4, -0.2) is 55.6 Å². The van der Waals surface area contributed by atoms with Crippen LogP contribution in [0.2, 0.25) is 0 Å². The lowest BCUT2D eigenvalue weighted by atomic mass is 9.87. The molecule has 1 aliphatic rings. The number of urea groups is 1. The fraction of sp³-hybridized carbons (Fsp3) is 0.394. The number of hydrogen-bond donors (Lipinski definition) is 2. The minimum Gasteiger partial charge on any atom is -0.368 e. The number of benzene rings is 3. The van der Waals surface area contributed by atoms with Gasteiger partial charge in [0.1, 0.15) is 17.7 Å². The van der Waals surface area contributed by atoms with E-state index in [-0.39, 0.29) is 35.4 Å². The van der Waals surface area contributed by atoms with Crippen molar-refractivity contribution < 1.29 is 18.4 Å². The number of nitrogens with one attached hydrogen (secondary N) is 2.